The molecule has 1 rings (SSSR count). The number of amides is 4. The van der Waals surface area contributed by atoms with Crippen LogP contribution in [0.4, 0.5) is 0 Å². The van der Waals surface area contributed by atoms with Crippen molar-refractivity contribution in [1.29, 1.82) is 0 Å². The van der Waals surface area contributed by atoms with E-state index in [1.54, 1.807) is 18.2 Å². The van der Waals surface area contributed by atoms with Crippen LogP contribution in [-0.2, 0) is 30.4 Å². The maximum absolute atomic E-state index is 12.1. The van der Waals surface area contributed by atoms with Crippen LogP contribution < -0.4 is 27.8 Å². The molecular formula is C19H24Cl2N6O6. The van der Waals surface area contributed by atoms with Gasteiger partial charge >= 0.3 is 5.97 Å². The fourth-order valence-electron chi connectivity index (χ4n) is 2.50. The van der Waals surface area contributed by atoms with Crippen LogP contribution in [0.2, 0.25) is 10.0 Å². The smallest absolute Gasteiger partial charge is 0.326 e. The molecule has 0 aliphatic carbocycles. The predicted molar refractivity (Wildman–Crippen MR) is 120 cm³/mol. The Morgan fingerprint density at radius 1 is 1.03 bits per heavy atom. The van der Waals surface area contributed by atoms with Gasteiger partial charge in [0.2, 0.25) is 29.6 Å². The molecule has 33 heavy (non-hydrogen) atoms. The van der Waals surface area contributed by atoms with Gasteiger partial charge in [-0.05, 0) is 30.5 Å². The van der Waals surface area contributed by atoms with Gasteiger partial charge in [0.25, 0.3) is 0 Å². The highest BCUT2D eigenvalue weighted by Gasteiger charge is 2.24. The highest BCUT2D eigenvalue weighted by Crippen LogP contribution is 2.24. The van der Waals surface area contributed by atoms with Gasteiger partial charge in [-0.1, -0.05) is 29.3 Å². The van der Waals surface area contributed by atoms with Crippen LogP contribution in [0.3, 0.4) is 0 Å². The third-order valence-corrected chi connectivity index (χ3v) is 4.92. The Balaban J connectivity index is 2.60. The van der Waals surface area contributed by atoms with Crippen LogP contribution in [-0.4, -0.2) is 52.7 Å². The van der Waals surface area contributed by atoms with Gasteiger partial charge in [-0.25, -0.2) is 4.79 Å². The number of halogens is 2. The molecule has 0 heterocycles. The largest absolute Gasteiger partial charge is 0.480 e. The molecular weight excluding hydrogens is 479 g/mol. The van der Waals surface area contributed by atoms with Crippen molar-refractivity contribution in [2.45, 2.75) is 44.2 Å². The molecule has 1 aromatic rings. The molecule has 0 saturated carbocycles. The van der Waals surface area contributed by atoms with Crippen LogP contribution in [0.15, 0.2) is 23.2 Å². The van der Waals surface area contributed by atoms with Crippen LogP contribution in [0.1, 0.15) is 31.2 Å². The molecule has 0 unspecified atom stereocenters. The number of rotatable bonds is 11. The lowest BCUT2D eigenvalue weighted by molar-refractivity contribution is -0.142. The molecule has 12 nitrogen and oxygen atoms in total. The first-order valence-electron chi connectivity index (χ1n) is 9.57. The molecule has 9 N–H and O–H groups in total. The lowest BCUT2D eigenvalue weighted by Gasteiger charge is -2.17. The molecule has 0 radical (unpaired) electrons. The molecule has 0 fully saturated rings. The summed E-state index contributed by atoms with van der Waals surface area (Å²) in [6.07, 6.45) is -1.14. The number of carbonyl (C=O) groups is 5. The van der Waals surface area contributed by atoms with Crippen LogP contribution >= 0.6 is 23.2 Å². The summed E-state index contributed by atoms with van der Waals surface area (Å²) in [5.74, 6) is -4.83. The molecule has 0 aliphatic rings. The molecule has 0 aromatic heterocycles. The quantitative estimate of drug-likeness (QED) is 0.169. The number of nitrogens with zero attached hydrogens (tertiary/aromatic N) is 1. The van der Waals surface area contributed by atoms with E-state index in [0.717, 1.165) is 0 Å². The fraction of sp³-hybridized carbons (Fsp3) is 0.368. The molecule has 2 atom stereocenters. The number of hydrogen-bond donors (Lipinski definition) is 6. The minimum atomic E-state index is -1.44. The van der Waals surface area contributed by atoms with Crippen LogP contribution in [0.5, 0.6) is 0 Å². The molecule has 4 amide bonds. The lowest BCUT2D eigenvalue weighted by atomic mass is 10.1. The first-order chi connectivity index (χ1) is 15.4. The van der Waals surface area contributed by atoms with Crippen molar-refractivity contribution in [3.63, 3.8) is 0 Å². The number of carbonyl (C=O) groups excluding carboxylic acids is 4. The molecule has 0 aliphatic heterocycles. The van der Waals surface area contributed by atoms with E-state index in [4.69, 9.17) is 40.4 Å². The van der Waals surface area contributed by atoms with Crippen molar-refractivity contribution < 1.29 is 29.1 Å². The number of nitrogens with two attached hydrogens (primary N) is 3. The standard InChI is InChI=1S/C19H24Cl2N6O6/c20-10-2-1-3-11(21)9(10)8-16(30)27-19(24)26-15(29)7-5-13(18(32)33)25-17(31)12(22)4-6-14(23)28/h1-3,12-13H,4-8,22H2,(H2,23,28)(H,25,31)(H,32,33)(H3,24,26,27,29,30)/t12-,13+/m1/s1. The maximum atomic E-state index is 12.1. The molecule has 0 spiro atoms. The topological polar surface area (TPSA) is 220 Å². The van der Waals surface area contributed by atoms with E-state index in [9.17, 15) is 29.1 Å². The second-order valence-electron chi connectivity index (χ2n) is 6.87. The summed E-state index contributed by atoms with van der Waals surface area (Å²) < 4.78 is 0. The molecule has 180 valence electrons. The van der Waals surface area contributed by atoms with Gasteiger partial charge < -0.3 is 27.6 Å². The minimum absolute atomic E-state index is 0.0631. The number of primary amides is 1. The number of carboxylic acid groups (broad SMARTS) is 1. The summed E-state index contributed by atoms with van der Waals surface area (Å²) in [6.45, 7) is 0. The lowest BCUT2D eigenvalue weighted by Crippen LogP contribution is -2.48. The van der Waals surface area contributed by atoms with E-state index in [-0.39, 0.29) is 35.7 Å². The third-order valence-electron chi connectivity index (χ3n) is 4.21. The summed E-state index contributed by atoms with van der Waals surface area (Å²) in [4.78, 5) is 61.6. The van der Waals surface area contributed by atoms with Crippen molar-refractivity contribution >= 4 is 58.8 Å². The number of aliphatic imine (C=N–C) groups is 1. The number of benzene rings is 1. The van der Waals surface area contributed by atoms with E-state index in [1.165, 1.54) is 0 Å². The summed E-state index contributed by atoms with van der Waals surface area (Å²) in [7, 11) is 0. The van der Waals surface area contributed by atoms with E-state index in [2.05, 4.69) is 15.6 Å². The Kier molecular flexibility index (Phi) is 11.3. The van der Waals surface area contributed by atoms with Gasteiger partial charge in [-0.15, -0.1) is 0 Å². The van der Waals surface area contributed by atoms with Crippen molar-refractivity contribution in [2.75, 3.05) is 0 Å². The molecule has 14 heteroatoms. The Morgan fingerprint density at radius 3 is 2.18 bits per heavy atom. The molecule has 0 bridgehead atoms. The average molecular weight is 503 g/mol. The minimum Gasteiger partial charge on any atom is -0.480 e. The van der Waals surface area contributed by atoms with E-state index in [1.807, 2.05) is 0 Å². The van der Waals surface area contributed by atoms with Crippen LogP contribution in [0, 0.1) is 0 Å². The zero-order valence-corrected chi connectivity index (χ0v) is 18.9. The first kappa shape index (κ1) is 27.8. The van der Waals surface area contributed by atoms with Gasteiger partial charge in [0, 0.05) is 22.9 Å². The molecule has 1 aromatic carbocycles. The highest BCUT2D eigenvalue weighted by molar-refractivity contribution is 6.36. The second-order valence-corrected chi connectivity index (χ2v) is 7.68. The highest BCUT2D eigenvalue weighted by atomic mass is 35.5. The summed E-state index contributed by atoms with van der Waals surface area (Å²) >= 11 is 12.0. The van der Waals surface area contributed by atoms with Crippen molar-refractivity contribution in [3.05, 3.63) is 33.8 Å². The predicted octanol–water partition coefficient (Wildman–Crippen LogP) is -0.564. The fourth-order valence-corrected chi connectivity index (χ4v) is 3.03. The number of nitrogens with one attached hydrogen (secondary N) is 2. The number of aliphatic carboxylic acids is 1. The van der Waals surface area contributed by atoms with Gasteiger partial charge in [-0.2, -0.15) is 4.99 Å². The zero-order valence-electron chi connectivity index (χ0n) is 17.3. The van der Waals surface area contributed by atoms with Gasteiger partial charge in [0.1, 0.15) is 6.04 Å². The van der Waals surface area contributed by atoms with Gasteiger partial charge in [0.15, 0.2) is 0 Å². The van der Waals surface area contributed by atoms with E-state index < -0.39 is 54.1 Å². The average Bonchev–Trinajstić information content (AvgIpc) is 2.71. The normalized spacial score (nSPS) is 13.0. The zero-order chi connectivity index (χ0) is 25.1. The van der Waals surface area contributed by atoms with Gasteiger partial charge in [-0.3, -0.25) is 24.5 Å². The monoisotopic (exact) mass is 502 g/mol. The Bertz CT molecular complexity index is 934. The second kappa shape index (κ2) is 13.4. The maximum Gasteiger partial charge on any atom is 0.326 e. The number of hydrogen-bond acceptors (Lipinski definition) is 6. The Hall–Kier alpha value is -3.22. The number of carboxylic acids is 1. The first-order valence-corrected chi connectivity index (χ1v) is 10.3. The van der Waals surface area contributed by atoms with Crippen molar-refractivity contribution in [2.24, 2.45) is 22.2 Å². The summed E-state index contributed by atoms with van der Waals surface area (Å²) in [5.41, 5.74) is 16.5. The summed E-state index contributed by atoms with van der Waals surface area (Å²) in [5, 5.41) is 14.2. The van der Waals surface area contributed by atoms with Crippen molar-refractivity contribution in [3.8, 4) is 0 Å². The van der Waals surface area contributed by atoms with Crippen molar-refractivity contribution in [1.82, 2.24) is 10.6 Å². The number of guanidine groups is 1. The van der Waals surface area contributed by atoms with E-state index >= 15 is 0 Å². The third kappa shape index (κ3) is 10.3. The van der Waals surface area contributed by atoms with E-state index in [0.29, 0.717) is 5.56 Å². The van der Waals surface area contributed by atoms with Crippen LogP contribution in [0.25, 0.3) is 0 Å². The Morgan fingerprint density at radius 2 is 1.64 bits per heavy atom. The SMILES string of the molecule is NC(=O)CC[C@@H](N)C(=O)N[C@@H](CCC(=O)N=C(N)NC(=O)Cc1c(Cl)cccc1Cl)C(=O)O. The summed E-state index contributed by atoms with van der Waals surface area (Å²) in [6, 6.07) is 2.14. The Labute approximate surface area is 198 Å². The molecule has 0 saturated heterocycles. The van der Waals surface area contributed by atoms with Gasteiger partial charge in [0.05, 0.1) is 12.5 Å².